The van der Waals surface area contributed by atoms with Crippen LogP contribution in [0, 0.1) is 0 Å². The minimum atomic E-state index is -1.40. The molecule has 4 heteroatoms. The summed E-state index contributed by atoms with van der Waals surface area (Å²) in [5, 5.41) is 2.82. The van der Waals surface area contributed by atoms with Crippen LogP contribution in [0.3, 0.4) is 0 Å². The van der Waals surface area contributed by atoms with Crippen LogP contribution in [0.15, 0.2) is 47.2 Å². The quantitative estimate of drug-likeness (QED) is 0.795. The Balaban J connectivity index is 2.53. The Kier molecular flexibility index (Phi) is 5.16. The third-order valence-corrected chi connectivity index (χ3v) is 7.69. The lowest BCUT2D eigenvalue weighted by atomic mass is 9.98. The van der Waals surface area contributed by atoms with Crippen molar-refractivity contribution in [3.63, 3.8) is 0 Å². The van der Waals surface area contributed by atoms with Gasteiger partial charge < -0.3 is 4.98 Å². The Morgan fingerprint density at radius 3 is 2.23 bits per heavy atom. The molecule has 1 aromatic rings. The lowest BCUT2D eigenvalue weighted by Gasteiger charge is -2.32. The molecule has 0 bridgehead atoms. The highest BCUT2D eigenvalue weighted by Crippen LogP contribution is 2.36. The summed E-state index contributed by atoms with van der Waals surface area (Å²) in [7, 11) is 1.10. The van der Waals surface area contributed by atoms with Crippen LogP contribution < -0.4 is 10.2 Å². The van der Waals surface area contributed by atoms with Gasteiger partial charge in [-0.15, -0.1) is 0 Å². The zero-order valence-corrected chi connectivity index (χ0v) is 17.7. The van der Waals surface area contributed by atoms with Gasteiger partial charge in [0.1, 0.15) is 8.24 Å². The minimum absolute atomic E-state index is 0.331. The van der Waals surface area contributed by atoms with Crippen molar-refractivity contribution in [1.82, 2.24) is 4.98 Å². The number of rotatable bonds is 5. The van der Waals surface area contributed by atoms with Crippen molar-refractivity contribution in [2.75, 3.05) is 0 Å². The zero-order chi connectivity index (χ0) is 16.5. The molecule has 0 aromatic heterocycles. The van der Waals surface area contributed by atoms with Crippen molar-refractivity contribution in [3.05, 3.63) is 52.8 Å². The summed E-state index contributed by atoms with van der Waals surface area (Å²) in [6.45, 7) is 14.5. The maximum Gasteiger partial charge on any atom is 0.117 e. The Morgan fingerprint density at radius 2 is 1.68 bits per heavy atom. The lowest BCUT2D eigenvalue weighted by Crippen LogP contribution is -2.46. The predicted octanol–water partition coefficient (Wildman–Crippen LogP) is 4.08. The molecule has 3 radical (unpaired) electrons. The molecule has 1 aliphatic carbocycles. The summed E-state index contributed by atoms with van der Waals surface area (Å²) in [6.07, 6.45) is 5.82. The van der Waals surface area contributed by atoms with Gasteiger partial charge >= 0.3 is 0 Å². The first kappa shape index (κ1) is 17.7. The van der Waals surface area contributed by atoms with E-state index < -0.39 is 16.3 Å². The molecule has 1 N–H and O–H groups in total. The van der Waals surface area contributed by atoms with Gasteiger partial charge in [-0.25, -0.2) is 0 Å². The van der Waals surface area contributed by atoms with Crippen molar-refractivity contribution in [2.24, 2.45) is 0 Å². The largest absolute Gasteiger partial charge is 0.328 e. The Labute approximate surface area is 141 Å². The summed E-state index contributed by atoms with van der Waals surface area (Å²) < 4.78 is 0. The molecule has 0 fully saturated rings. The van der Waals surface area contributed by atoms with Crippen LogP contribution >= 0.6 is 0 Å². The molecule has 0 saturated heterocycles. The molecule has 0 heterocycles. The van der Waals surface area contributed by atoms with Gasteiger partial charge in [0.05, 0.1) is 18.3 Å². The summed E-state index contributed by atoms with van der Waals surface area (Å²) in [5.74, 6) is 0. The Bertz CT molecular complexity index is 603. The highest BCUT2D eigenvalue weighted by molar-refractivity contribution is 6.84. The van der Waals surface area contributed by atoms with Gasteiger partial charge in [0.15, 0.2) is 0 Å². The second-order valence-corrected chi connectivity index (χ2v) is 18.6. The maximum atomic E-state index is 3.99. The average molecular weight is 343 g/mol. The van der Waals surface area contributed by atoms with E-state index in [1.807, 2.05) is 0 Å². The summed E-state index contributed by atoms with van der Waals surface area (Å²) >= 11 is 0. The van der Waals surface area contributed by atoms with Gasteiger partial charge in [-0.1, -0.05) is 86.1 Å². The molecule has 1 unspecified atom stereocenters. The first-order chi connectivity index (χ1) is 10.1. The average Bonchev–Trinajstić information content (AvgIpc) is 2.84. The first-order valence-corrected chi connectivity index (χ1v) is 15.6. The van der Waals surface area contributed by atoms with E-state index in [1.165, 1.54) is 10.8 Å². The van der Waals surface area contributed by atoms with Crippen molar-refractivity contribution in [1.29, 1.82) is 0 Å². The summed E-state index contributed by atoms with van der Waals surface area (Å²) in [6, 6.07) is 8.99. The van der Waals surface area contributed by atoms with Gasteiger partial charge in [-0.3, -0.25) is 0 Å². The molecule has 1 atom stereocenters. The van der Waals surface area contributed by atoms with Gasteiger partial charge in [0, 0.05) is 6.04 Å². The molecular formula is C18H28NSi3. The van der Waals surface area contributed by atoms with E-state index in [2.05, 4.69) is 90.9 Å². The molecular weight excluding hydrogens is 314 g/mol. The van der Waals surface area contributed by atoms with Crippen LogP contribution in [0.1, 0.15) is 18.0 Å². The smallest absolute Gasteiger partial charge is 0.117 e. The number of hydrogen-bond donors (Lipinski definition) is 1. The lowest BCUT2D eigenvalue weighted by molar-refractivity contribution is 0.735. The van der Waals surface area contributed by atoms with Crippen molar-refractivity contribution < 1.29 is 0 Å². The molecule has 0 saturated carbocycles. The number of allylic oxidation sites excluding steroid dienone is 3. The van der Waals surface area contributed by atoms with E-state index in [-0.39, 0.29) is 0 Å². The first-order valence-electron chi connectivity index (χ1n) is 8.08. The summed E-state index contributed by atoms with van der Waals surface area (Å²) in [4.78, 5) is 3.99. The molecule has 2 rings (SSSR count). The van der Waals surface area contributed by atoms with Gasteiger partial charge in [-0.2, -0.15) is 0 Å². The Morgan fingerprint density at radius 1 is 1.05 bits per heavy atom. The van der Waals surface area contributed by atoms with Gasteiger partial charge in [0.2, 0.25) is 0 Å². The highest BCUT2D eigenvalue weighted by atomic mass is 28.3. The topological polar surface area (TPSA) is 12.0 Å². The minimum Gasteiger partial charge on any atom is -0.328 e. The van der Waals surface area contributed by atoms with Crippen LogP contribution in [-0.4, -0.2) is 26.6 Å². The van der Waals surface area contributed by atoms with Gasteiger partial charge in [-0.05, 0) is 17.6 Å². The van der Waals surface area contributed by atoms with E-state index in [0.29, 0.717) is 6.04 Å². The SMILES string of the molecule is C[Si](C)(C)NC(C1=C([Si](C)(C)C)C=CC1)c1ccccc1[Si]. The fourth-order valence-electron chi connectivity index (χ4n) is 3.06. The normalized spacial score (nSPS) is 17.2. The Hall–Kier alpha value is -0.689. The molecule has 1 aromatic carbocycles. The fraction of sp³-hybridized carbons (Fsp3) is 0.444. The predicted molar refractivity (Wildman–Crippen MR) is 105 cm³/mol. The van der Waals surface area contributed by atoms with Crippen LogP contribution in [0.5, 0.6) is 0 Å². The molecule has 0 spiro atoms. The number of hydrogen-bond acceptors (Lipinski definition) is 1. The molecule has 1 aliphatic rings. The van der Waals surface area contributed by atoms with E-state index in [1.54, 1.807) is 10.8 Å². The van der Waals surface area contributed by atoms with Crippen molar-refractivity contribution in [3.8, 4) is 0 Å². The molecule has 117 valence electrons. The monoisotopic (exact) mass is 342 g/mol. The highest BCUT2D eigenvalue weighted by Gasteiger charge is 2.31. The van der Waals surface area contributed by atoms with E-state index in [9.17, 15) is 0 Å². The van der Waals surface area contributed by atoms with Crippen molar-refractivity contribution >= 4 is 31.7 Å². The van der Waals surface area contributed by atoms with Crippen LogP contribution in [-0.2, 0) is 0 Å². The number of nitrogens with one attached hydrogen (secondary N) is 1. The molecule has 0 amide bonds. The molecule has 0 aliphatic heterocycles. The standard InChI is InChI=1S/C18H28NSi3/c1-21(2,3)17-13-9-11-15(17)18(19-22(4,5)6)14-10-7-8-12-16(14)20/h7-10,12-13,18-19H,11H2,1-6H3. The maximum absolute atomic E-state index is 3.99. The molecule has 22 heavy (non-hydrogen) atoms. The van der Waals surface area contributed by atoms with Crippen LogP contribution in [0.25, 0.3) is 0 Å². The van der Waals surface area contributed by atoms with Crippen LogP contribution in [0.2, 0.25) is 39.3 Å². The second-order valence-electron chi connectivity index (χ2n) is 8.21. The van der Waals surface area contributed by atoms with E-state index >= 15 is 0 Å². The van der Waals surface area contributed by atoms with Crippen LogP contribution in [0.4, 0.5) is 0 Å². The van der Waals surface area contributed by atoms with E-state index in [0.717, 1.165) is 6.42 Å². The second kappa shape index (κ2) is 6.43. The van der Waals surface area contributed by atoms with Gasteiger partial charge in [0.25, 0.3) is 0 Å². The fourth-order valence-corrected chi connectivity index (χ4v) is 6.41. The summed E-state index contributed by atoms with van der Waals surface area (Å²) in [5.41, 5.74) is 2.96. The van der Waals surface area contributed by atoms with Crippen molar-refractivity contribution in [2.45, 2.75) is 51.7 Å². The van der Waals surface area contributed by atoms with E-state index in [4.69, 9.17) is 0 Å². The zero-order valence-electron chi connectivity index (χ0n) is 14.7. The molecule has 1 nitrogen and oxygen atoms in total. The third kappa shape index (κ3) is 4.19. The number of benzene rings is 1. The third-order valence-electron chi connectivity index (χ3n) is 3.97.